The molecule has 1 aromatic heterocycles. The van der Waals surface area contributed by atoms with Crippen LogP contribution in [0.15, 0.2) is 36.5 Å². The number of aromatic nitrogens is 1. The summed E-state index contributed by atoms with van der Waals surface area (Å²) in [4.78, 5) is 8.12. The summed E-state index contributed by atoms with van der Waals surface area (Å²) in [7, 11) is 0. The van der Waals surface area contributed by atoms with Crippen molar-refractivity contribution in [3.63, 3.8) is 0 Å². The topological polar surface area (TPSA) is 102 Å². The molecular weight excluding hydrogens is 505 g/mol. The minimum atomic E-state index is -2.57. The molecule has 4 rings (SSSR count). The van der Waals surface area contributed by atoms with Gasteiger partial charge in [0.05, 0.1) is 11.9 Å². The Morgan fingerprint density at radius 1 is 1.23 bits per heavy atom. The number of ether oxygens (including phenoxy) is 1. The summed E-state index contributed by atoms with van der Waals surface area (Å²) in [5.74, 6) is -2.81. The van der Waals surface area contributed by atoms with Gasteiger partial charge in [-0.1, -0.05) is 43.3 Å². The Labute approximate surface area is 227 Å². The molecule has 0 bridgehead atoms. The number of benzene rings is 1. The van der Waals surface area contributed by atoms with Gasteiger partial charge in [-0.15, -0.1) is 0 Å². The summed E-state index contributed by atoms with van der Waals surface area (Å²) in [6.07, 6.45) is 4.46. The number of nitrogens with zero attached hydrogens (tertiary/aromatic N) is 4. The second-order valence-electron chi connectivity index (χ2n) is 10.2. The lowest BCUT2D eigenvalue weighted by Gasteiger charge is -2.34. The number of nitrogen functional groups attached to an aromatic ring is 1. The SMILES string of the molecule is CCN1CCC(Oc2c(C#N)ncc(N)c2/C=C/C(C=N)c2ccc(CN3CCC(F)(F)CC3)cc2)[C@@H](F)C1. The standard InChI is InChI=1S/C29H35F3N6O/c1-2-37-12-9-27(24(30)19-37)39-28-23(25(35)17-36-26(28)16-34)8-7-22(15-33)21-5-3-20(4-6-21)18-38-13-10-29(31,32)11-14-38/h3-8,15,17,22,24,27,33H,2,9-14,18-19,35H2,1H3/b8-7+,33-15?/t22?,24-,27?/m0/s1. The molecule has 2 fully saturated rings. The van der Waals surface area contributed by atoms with E-state index in [1.54, 1.807) is 12.2 Å². The van der Waals surface area contributed by atoms with Crippen LogP contribution in [0.5, 0.6) is 5.75 Å². The van der Waals surface area contributed by atoms with Crippen molar-refractivity contribution in [1.82, 2.24) is 14.8 Å². The maximum Gasteiger partial charge on any atom is 0.250 e. The summed E-state index contributed by atoms with van der Waals surface area (Å²) < 4.78 is 47.8. The summed E-state index contributed by atoms with van der Waals surface area (Å²) in [5, 5.41) is 17.6. The van der Waals surface area contributed by atoms with Crippen molar-refractivity contribution >= 4 is 18.0 Å². The molecule has 3 heterocycles. The highest BCUT2D eigenvalue weighted by atomic mass is 19.3. The number of allylic oxidation sites excluding steroid dienone is 1. The highest BCUT2D eigenvalue weighted by Gasteiger charge is 2.34. The second kappa shape index (κ2) is 12.6. The number of likely N-dealkylation sites (tertiary alicyclic amines) is 2. The summed E-state index contributed by atoms with van der Waals surface area (Å²) >= 11 is 0. The van der Waals surface area contributed by atoms with Crippen LogP contribution >= 0.6 is 0 Å². The van der Waals surface area contributed by atoms with E-state index in [1.807, 2.05) is 47.1 Å². The van der Waals surface area contributed by atoms with Crippen LogP contribution in [0.2, 0.25) is 0 Å². The third-order valence-corrected chi connectivity index (χ3v) is 7.50. The molecule has 0 aliphatic carbocycles. The predicted molar refractivity (Wildman–Crippen MR) is 146 cm³/mol. The van der Waals surface area contributed by atoms with E-state index in [9.17, 15) is 18.4 Å². The molecule has 0 saturated carbocycles. The van der Waals surface area contributed by atoms with Gasteiger partial charge in [0.1, 0.15) is 18.3 Å². The van der Waals surface area contributed by atoms with E-state index in [-0.39, 0.29) is 42.4 Å². The molecule has 2 saturated heterocycles. The first kappa shape index (κ1) is 28.6. The molecule has 2 aromatic rings. The van der Waals surface area contributed by atoms with Gasteiger partial charge in [-0.05, 0) is 24.1 Å². The van der Waals surface area contributed by atoms with Gasteiger partial charge in [0.15, 0.2) is 11.4 Å². The van der Waals surface area contributed by atoms with Crippen molar-refractivity contribution in [3.8, 4) is 11.8 Å². The van der Waals surface area contributed by atoms with Gasteiger partial charge in [-0.2, -0.15) is 5.26 Å². The molecule has 1 aromatic carbocycles. The Bertz CT molecular complexity index is 1200. The Kier molecular flexibility index (Phi) is 9.25. The minimum absolute atomic E-state index is 0.0280. The Hall–Kier alpha value is -3.42. The van der Waals surface area contributed by atoms with E-state index in [4.69, 9.17) is 15.9 Å². The molecule has 10 heteroatoms. The lowest BCUT2D eigenvalue weighted by atomic mass is 9.97. The first-order valence-electron chi connectivity index (χ1n) is 13.3. The highest BCUT2D eigenvalue weighted by Crippen LogP contribution is 2.33. The first-order valence-corrected chi connectivity index (χ1v) is 13.3. The molecule has 2 aliphatic heterocycles. The van der Waals surface area contributed by atoms with E-state index in [1.165, 1.54) is 12.4 Å². The van der Waals surface area contributed by atoms with Crippen LogP contribution in [-0.4, -0.2) is 71.9 Å². The van der Waals surface area contributed by atoms with Gasteiger partial charge in [0.2, 0.25) is 0 Å². The van der Waals surface area contributed by atoms with E-state index in [0.29, 0.717) is 38.2 Å². The molecular formula is C29H35F3N6O. The fourth-order valence-electron chi connectivity index (χ4n) is 5.01. The molecule has 2 unspecified atom stereocenters. The van der Waals surface area contributed by atoms with Crippen LogP contribution in [0.3, 0.4) is 0 Å². The van der Waals surface area contributed by atoms with E-state index in [0.717, 1.165) is 17.7 Å². The number of anilines is 1. The van der Waals surface area contributed by atoms with Gasteiger partial charge in [0.25, 0.3) is 5.92 Å². The molecule has 39 heavy (non-hydrogen) atoms. The van der Waals surface area contributed by atoms with Crippen LogP contribution < -0.4 is 10.5 Å². The van der Waals surface area contributed by atoms with Gasteiger partial charge < -0.3 is 20.8 Å². The Morgan fingerprint density at radius 2 is 1.95 bits per heavy atom. The number of pyridine rings is 1. The quantitative estimate of drug-likeness (QED) is 0.433. The van der Waals surface area contributed by atoms with E-state index < -0.39 is 18.2 Å². The largest absolute Gasteiger partial charge is 0.484 e. The van der Waals surface area contributed by atoms with Crippen LogP contribution in [0.4, 0.5) is 18.9 Å². The summed E-state index contributed by atoms with van der Waals surface area (Å²) in [5.41, 5.74) is 8.82. The highest BCUT2D eigenvalue weighted by molar-refractivity contribution is 5.76. The van der Waals surface area contributed by atoms with Crippen molar-refractivity contribution in [2.45, 2.75) is 56.8 Å². The lowest BCUT2D eigenvalue weighted by molar-refractivity contribution is -0.0566. The van der Waals surface area contributed by atoms with Gasteiger partial charge >= 0.3 is 0 Å². The van der Waals surface area contributed by atoms with Gasteiger partial charge in [-0.25, -0.2) is 18.2 Å². The minimum Gasteiger partial charge on any atom is -0.484 e. The fraction of sp³-hybridized carbons (Fsp3) is 0.483. The third-order valence-electron chi connectivity index (χ3n) is 7.50. The summed E-state index contributed by atoms with van der Waals surface area (Å²) in [6, 6.07) is 9.73. The average molecular weight is 541 g/mol. The predicted octanol–water partition coefficient (Wildman–Crippen LogP) is 5.02. The first-order chi connectivity index (χ1) is 18.7. The second-order valence-corrected chi connectivity index (χ2v) is 10.2. The smallest absolute Gasteiger partial charge is 0.250 e. The molecule has 7 nitrogen and oxygen atoms in total. The molecule has 0 amide bonds. The number of rotatable bonds is 9. The number of nitrogens with two attached hydrogens (primary N) is 1. The monoisotopic (exact) mass is 540 g/mol. The van der Waals surface area contributed by atoms with Crippen LogP contribution in [-0.2, 0) is 6.54 Å². The van der Waals surface area contributed by atoms with Crippen LogP contribution in [0.25, 0.3) is 6.08 Å². The van der Waals surface area contributed by atoms with Crippen molar-refractivity contribution in [1.29, 1.82) is 10.7 Å². The fourth-order valence-corrected chi connectivity index (χ4v) is 5.01. The van der Waals surface area contributed by atoms with Crippen molar-refractivity contribution in [3.05, 3.63) is 58.9 Å². The number of hydrogen-bond acceptors (Lipinski definition) is 7. The normalized spacial score (nSPS) is 22.8. The Morgan fingerprint density at radius 3 is 2.56 bits per heavy atom. The molecule has 208 valence electrons. The maximum atomic E-state index is 14.9. The lowest BCUT2D eigenvalue weighted by Crippen LogP contribution is -2.47. The van der Waals surface area contributed by atoms with Gasteiger partial charge in [-0.3, -0.25) is 4.90 Å². The molecule has 3 N–H and O–H groups in total. The van der Waals surface area contributed by atoms with Crippen LogP contribution in [0, 0.1) is 16.7 Å². The number of hydrogen-bond donors (Lipinski definition) is 2. The van der Waals surface area contributed by atoms with Crippen molar-refractivity contribution < 1.29 is 17.9 Å². The van der Waals surface area contributed by atoms with Gasteiger partial charge in [0, 0.05) is 63.3 Å². The number of nitrogens with one attached hydrogen (secondary N) is 1. The number of halogens is 3. The molecule has 0 radical (unpaired) electrons. The van der Waals surface area contributed by atoms with Crippen molar-refractivity contribution in [2.24, 2.45) is 0 Å². The molecule has 0 spiro atoms. The van der Waals surface area contributed by atoms with E-state index >= 15 is 0 Å². The maximum absolute atomic E-state index is 14.9. The molecule has 2 aliphatic rings. The zero-order valence-electron chi connectivity index (χ0n) is 22.1. The number of piperidine rings is 2. The third kappa shape index (κ3) is 7.16. The zero-order valence-corrected chi connectivity index (χ0v) is 22.1. The van der Waals surface area contributed by atoms with Crippen molar-refractivity contribution in [2.75, 3.05) is 38.5 Å². The zero-order chi connectivity index (χ0) is 28.0. The van der Waals surface area contributed by atoms with E-state index in [2.05, 4.69) is 4.98 Å². The average Bonchev–Trinajstić information content (AvgIpc) is 2.93. The molecule has 3 atom stereocenters. The summed E-state index contributed by atoms with van der Waals surface area (Å²) in [6.45, 7) is 5.03. The van der Waals surface area contributed by atoms with Crippen LogP contribution in [0.1, 0.15) is 54.5 Å². The number of nitriles is 1. The Balaban J connectivity index is 1.49. The number of alkyl halides is 3.